The van der Waals surface area contributed by atoms with Crippen molar-refractivity contribution in [3.05, 3.63) is 72.4 Å². The number of rotatable bonds is 4. The van der Waals surface area contributed by atoms with Gasteiger partial charge in [-0.1, -0.05) is 42.5 Å². The van der Waals surface area contributed by atoms with Crippen molar-refractivity contribution in [3.8, 4) is 22.4 Å². The summed E-state index contributed by atoms with van der Waals surface area (Å²) >= 11 is 0. The standard InChI is InChI=1S/C34H32F4N6O2/c1-31(2,3)46-30(45)44-17-32(35,36)13-25(44)28-39-15-24(41-28)19-6-4-18(5-7-19)20-8-10-22-21(12-20)9-11-23-27(22)43-29(42-23)33-14-26(33)34(37,38)16-40-33/h4-12,15,25-26,40H,13-14,16-17H2,1-3H3,(H,39,41)(H,42,43)/t25-,26-,33+/m0/s1. The SMILES string of the molecule is CC(C)(C)OC(=O)N1CC(F)(F)C[C@H]1c1ncc(-c2ccc(-c3ccc4c(ccc5[nH]c([C@@]67C[C@@H]6C(F)(F)CN7)nc54)c3)cc2)[nH]1. The van der Waals surface area contributed by atoms with E-state index in [9.17, 15) is 22.4 Å². The fourth-order valence-electron chi connectivity index (χ4n) is 6.97. The van der Waals surface area contributed by atoms with E-state index in [0.717, 1.165) is 43.4 Å². The first-order chi connectivity index (χ1) is 21.7. The van der Waals surface area contributed by atoms with Crippen molar-refractivity contribution in [2.24, 2.45) is 5.92 Å². The van der Waals surface area contributed by atoms with Gasteiger partial charge >= 0.3 is 6.09 Å². The Hall–Kier alpha value is -4.45. The van der Waals surface area contributed by atoms with Crippen LogP contribution in [-0.2, 0) is 10.3 Å². The molecule has 3 atom stereocenters. The fourth-order valence-corrected chi connectivity index (χ4v) is 6.97. The number of hydrogen-bond acceptors (Lipinski definition) is 5. The van der Waals surface area contributed by atoms with Crippen molar-refractivity contribution in [1.29, 1.82) is 0 Å². The van der Waals surface area contributed by atoms with Gasteiger partial charge in [0.25, 0.3) is 11.8 Å². The smallest absolute Gasteiger partial charge is 0.411 e. The van der Waals surface area contributed by atoms with Crippen LogP contribution in [0.5, 0.6) is 0 Å². The van der Waals surface area contributed by atoms with Crippen LogP contribution in [0.1, 0.15) is 51.3 Å². The molecule has 2 aromatic heterocycles. The van der Waals surface area contributed by atoms with Crippen LogP contribution in [0.2, 0.25) is 0 Å². The predicted octanol–water partition coefficient (Wildman–Crippen LogP) is 7.54. The number of carbonyl (C=O) groups excluding carboxylic acids is 1. The molecule has 12 heteroatoms. The summed E-state index contributed by atoms with van der Waals surface area (Å²) < 4.78 is 62.6. The summed E-state index contributed by atoms with van der Waals surface area (Å²) in [5, 5.41) is 4.91. The minimum absolute atomic E-state index is 0.277. The molecule has 4 heterocycles. The molecule has 1 amide bonds. The lowest BCUT2D eigenvalue weighted by Crippen LogP contribution is -2.38. The Balaban J connectivity index is 1.03. The Morgan fingerprint density at radius 3 is 2.39 bits per heavy atom. The zero-order chi connectivity index (χ0) is 32.2. The number of ether oxygens (including phenoxy) is 1. The zero-order valence-electron chi connectivity index (χ0n) is 25.4. The summed E-state index contributed by atoms with van der Waals surface area (Å²) in [6.07, 6.45) is 0.616. The lowest BCUT2D eigenvalue weighted by atomic mass is 9.99. The monoisotopic (exact) mass is 632 g/mol. The van der Waals surface area contributed by atoms with Gasteiger partial charge < -0.3 is 14.7 Å². The maximum Gasteiger partial charge on any atom is 0.411 e. The lowest BCUT2D eigenvalue weighted by molar-refractivity contribution is -0.00248. The van der Waals surface area contributed by atoms with Crippen molar-refractivity contribution < 1.29 is 27.1 Å². The third-order valence-electron chi connectivity index (χ3n) is 9.34. The molecule has 238 valence electrons. The normalized spacial score (nSPS) is 24.9. The topological polar surface area (TPSA) is 98.9 Å². The van der Waals surface area contributed by atoms with Crippen LogP contribution < -0.4 is 5.32 Å². The molecule has 3 fully saturated rings. The first-order valence-electron chi connectivity index (χ1n) is 15.3. The van der Waals surface area contributed by atoms with E-state index in [1.54, 1.807) is 27.0 Å². The van der Waals surface area contributed by atoms with E-state index in [4.69, 9.17) is 9.72 Å². The van der Waals surface area contributed by atoms with E-state index in [2.05, 4.69) is 26.3 Å². The van der Waals surface area contributed by atoms with Crippen molar-refractivity contribution >= 4 is 27.9 Å². The summed E-state index contributed by atoms with van der Waals surface area (Å²) in [5.41, 5.74) is 3.39. The quantitative estimate of drug-likeness (QED) is 0.178. The number of carbonyl (C=O) groups is 1. The minimum Gasteiger partial charge on any atom is -0.444 e. The van der Waals surface area contributed by atoms with E-state index in [-0.39, 0.29) is 12.4 Å². The Labute approximate surface area is 261 Å². The first kappa shape index (κ1) is 29.0. The van der Waals surface area contributed by atoms with Gasteiger partial charge in [-0.3, -0.25) is 10.2 Å². The molecule has 0 spiro atoms. The van der Waals surface area contributed by atoms with E-state index in [1.807, 2.05) is 48.5 Å². The number of hydrogen-bond donors (Lipinski definition) is 3. The number of imidazole rings is 2. The Morgan fingerprint density at radius 2 is 1.70 bits per heavy atom. The van der Waals surface area contributed by atoms with E-state index in [1.165, 1.54) is 0 Å². The van der Waals surface area contributed by atoms with Gasteiger partial charge in [0, 0.05) is 11.8 Å². The van der Waals surface area contributed by atoms with Crippen molar-refractivity contribution in [1.82, 2.24) is 30.2 Å². The summed E-state index contributed by atoms with van der Waals surface area (Å²) in [6.45, 7) is 4.02. The number of likely N-dealkylation sites (tertiary alicyclic amines) is 1. The largest absolute Gasteiger partial charge is 0.444 e. The molecule has 3 aliphatic rings. The molecule has 1 saturated carbocycles. The average Bonchev–Trinajstić information content (AvgIpc) is 3.36. The predicted molar refractivity (Wildman–Crippen MR) is 165 cm³/mol. The summed E-state index contributed by atoms with van der Waals surface area (Å²) in [5.74, 6) is -5.65. The molecule has 2 aliphatic heterocycles. The van der Waals surface area contributed by atoms with Gasteiger partial charge in [-0.15, -0.1) is 0 Å². The first-order valence-corrected chi connectivity index (χ1v) is 15.3. The van der Waals surface area contributed by atoms with Crippen LogP contribution in [0.3, 0.4) is 0 Å². The zero-order valence-corrected chi connectivity index (χ0v) is 25.4. The third-order valence-corrected chi connectivity index (χ3v) is 9.34. The van der Waals surface area contributed by atoms with Crippen LogP contribution in [0.25, 0.3) is 44.2 Å². The van der Waals surface area contributed by atoms with Crippen LogP contribution in [0, 0.1) is 5.92 Å². The van der Waals surface area contributed by atoms with Crippen molar-refractivity contribution in [2.75, 3.05) is 13.1 Å². The molecule has 46 heavy (non-hydrogen) atoms. The highest BCUT2D eigenvalue weighted by Gasteiger charge is 2.73. The lowest BCUT2D eigenvalue weighted by Gasteiger charge is -2.27. The van der Waals surface area contributed by atoms with Gasteiger partial charge in [-0.05, 0) is 61.4 Å². The molecular weight excluding hydrogens is 600 g/mol. The average molecular weight is 633 g/mol. The molecule has 5 aromatic rings. The van der Waals surface area contributed by atoms with Gasteiger partial charge in [-0.2, -0.15) is 0 Å². The van der Waals surface area contributed by atoms with Gasteiger partial charge in [0.2, 0.25) is 0 Å². The number of aromatic nitrogens is 4. The molecule has 8 nitrogen and oxygen atoms in total. The molecule has 3 aromatic carbocycles. The molecule has 0 unspecified atom stereocenters. The Kier molecular flexibility index (Phi) is 6.01. The fraction of sp³-hybridized carbons (Fsp3) is 0.382. The summed E-state index contributed by atoms with van der Waals surface area (Å²) in [7, 11) is 0. The second kappa shape index (κ2) is 9.54. The molecule has 8 rings (SSSR count). The molecule has 0 radical (unpaired) electrons. The number of halogens is 4. The minimum atomic E-state index is -3.05. The summed E-state index contributed by atoms with van der Waals surface area (Å²) in [6, 6.07) is 16.8. The number of H-pyrrole nitrogens is 2. The number of nitrogens with one attached hydrogen (secondary N) is 3. The van der Waals surface area contributed by atoms with Gasteiger partial charge in [0.1, 0.15) is 17.2 Å². The third kappa shape index (κ3) is 4.72. The highest BCUT2D eigenvalue weighted by atomic mass is 19.3. The van der Waals surface area contributed by atoms with Gasteiger partial charge in [0.15, 0.2) is 0 Å². The maximum absolute atomic E-state index is 14.4. The van der Waals surface area contributed by atoms with Crippen LogP contribution in [-0.4, -0.2) is 61.5 Å². The highest BCUT2D eigenvalue weighted by molar-refractivity contribution is 6.05. The van der Waals surface area contributed by atoms with E-state index < -0.39 is 54.0 Å². The molecular formula is C34H32F4N6O2. The molecule has 1 aliphatic carbocycles. The number of amides is 1. The molecule has 0 bridgehead atoms. The van der Waals surface area contributed by atoms with Crippen LogP contribution in [0.4, 0.5) is 22.4 Å². The number of nitrogens with zero attached hydrogens (tertiary/aromatic N) is 3. The number of fused-ring (bicyclic) bond motifs is 4. The van der Waals surface area contributed by atoms with Crippen LogP contribution in [0.15, 0.2) is 60.8 Å². The van der Waals surface area contributed by atoms with Crippen molar-refractivity contribution in [2.45, 2.75) is 62.6 Å². The Morgan fingerprint density at radius 1 is 0.957 bits per heavy atom. The number of benzene rings is 3. The molecule has 2 saturated heterocycles. The second-order valence-corrected chi connectivity index (χ2v) is 13.8. The highest BCUT2D eigenvalue weighted by Crippen LogP contribution is 2.62. The van der Waals surface area contributed by atoms with Gasteiger partial charge in [0.05, 0.1) is 53.5 Å². The van der Waals surface area contributed by atoms with E-state index >= 15 is 0 Å². The number of alkyl halides is 4. The Bertz CT molecular complexity index is 2010. The number of aromatic amines is 2. The number of piperidine rings is 1. The van der Waals surface area contributed by atoms with Crippen molar-refractivity contribution in [3.63, 3.8) is 0 Å². The van der Waals surface area contributed by atoms with Gasteiger partial charge in [-0.25, -0.2) is 32.3 Å². The molecule has 3 N–H and O–H groups in total. The second-order valence-electron chi connectivity index (χ2n) is 13.8. The maximum atomic E-state index is 14.4. The van der Waals surface area contributed by atoms with Crippen LogP contribution >= 0.6 is 0 Å². The summed E-state index contributed by atoms with van der Waals surface area (Å²) in [4.78, 5) is 29.3. The van der Waals surface area contributed by atoms with E-state index in [0.29, 0.717) is 17.9 Å².